The molecular formula is C34H36N6O4. The molecule has 10 heteroatoms. The number of benzene rings is 3. The van der Waals surface area contributed by atoms with Crippen molar-refractivity contribution in [2.24, 2.45) is 7.05 Å². The molecule has 10 nitrogen and oxygen atoms in total. The Morgan fingerprint density at radius 2 is 1.86 bits per heavy atom. The second kappa shape index (κ2) is 13.3. The van der Waals surface area contributed by atoms with Gasteiger partial charge in [-0.05, 0) is 65.4 Å². The summed E-state index contributed by atoms with van der Waals surface area (Å²) >= 11 is 0. The number of hydrogen-bond donors (Lipinski definition) is 3. The largest absolute Gasteiger partial charge is 0.449 e. The molecule has 1 unspecified atom stereocenters. The van der Waals surface area contributed by atoms with E-state index < -0.39 is 6.09 Å². The fourth-order valence-electron chi connectivity index (χ4n) is 5.18. The van der Waals surface area contributed by atoms with E-state index in [4.69, 9.17) is 4.74 Å². The molecule has 2 heterocycles. The number of aromatic nitrogens is 3. The first-order valence-corrected chi connectivity index (χ1v) is 14.4. The van der Waals surface area contributed by atoms with E-state index in [1.807, 2.05) is 86.3 Å². The topological polar surface area (TPSA) is 121 Å². The molecule has 0 aliphatic rings. The molecule has 2 amide bonds. The van der Waals surface area contributed by atoms with Crippen LogP contribution in [0.3, 0.4) is 0 Å². The fraction of sp³-hybridized carbons (Fsp3) is 0.235. The third-order valence-electron chi connectivity index (χ3n) is 7.65. The van der Waals surface area contributed by atoms with Gasteiger partial charge in [-0.25, -0.2) is 9.78 Å². The molecular weight excluding hydrogens is 556 g/mol. The van der Waals surface area contributed by atoms with E-state index in [2.05, 4.69) is 20.6 Å². The molecule has 0 saturated carbocycles. The molecule has 44 heavy (non-hydrogen) atoms. The van der Waals surface area contributed by atoms with Gasteiger partial charge in [-0.1, -0.05) is 37.3 Å². The number of carbonyl (C=O) groups is 2. The van der Waals surface area contributed by atoms with E-state index in [1.165, 1.54) is 0 Å². The number of aryl methyl sites for hydroxylation is 2. The van der Waals surface area contributed by atoms with Crippen molar-refractivity contribution < 1.29 is 14.3 Å². The van der Waals surface area contributed by atoms with Gasteiger partial charge < -0.3 is 24.5 Å². The highest BCUT2D eigenvalue weighted by molar-refractivity contribution is 5.87. The van der Waals surface area contributed by atoms with Gasteiger partial charge in [0.05, 0.1) is 13.2 Å². The molecule has 5 aromatic rings. The summed E-state index contributed by atoms with van der Waals surface area (Å²) in [5.41, 5.74) is 4.97. The number of nitrogens with one attached hydrogen (secondary N) is 3. The van der Waals surface area contributed by atoms with Crippen LogP contribution >= 0.6 is 0 Å². The molecule has 0 saturated heterocycles. The Bertz CT molecular complexity index is 1860. The first-order valence-electron chi connectivity index (χ1n) is 14.4. The summed E-state index contributed by atoms with van der Waals surface area (Å²) in [6.07, 6.45) is 4.62. The van der Waals surface area contributed by atoms with E-state index in [0.717, 1.165) is 33.5 Å². The Labute approximate surface area is 255 Å². The lowest BCUT2D eigenvalue weighted by molar-refractivity contribution is -0.128. The number of anilines is 2. The monoisotopic (exact) mass is 592 g/mol. The number of hydrogen-bond acceptors (Lipinski definition) is 6. The number of H-pyrrole nitrogens is 1. The first kappa shape index (κ1) is 30.1. The van der Waals surface area contributed by atoms with Crippen LogP contribution in [0.25, 0.3) is 22.2 Å². The second-order valence-electron chi connectivity index (χ2n) is 10.9. The van der Waals surface area contributed by atoms with Gasteiger partial charge in [-0.3, -0.25) is 14.9 Å². The molecule has 0 fully saturated rings. The zero-order chi connectivity index (χ0) is 31.2. The fourth-order valence-corrected chi connectivity index (χ4v) is 5.18. The normalized spacial score (nSPS) is 11.6. The molecule has 0 radical (unpaired) electrons. The van der Waals surface area contributed by atoms with E-state index in [0.29, 0.717) is 16.8 Å². The Morgan fingerprint density at radius 3 is 2.64 bits per heavy atom. The van der Waals surface area contributed by atoms with E-state index in [9.17, 15) is 14.4 Å². The van der Waals surface area contributed by atoms with Gasteiger partial charge >= 0.3 is 6.09 Å². The highest BCUT2D eigenvalue weighted by Gasteiger charge is 2.17. The minimum Gasteiger partial charge on any atom is -0.449 e. The Hall–Kier alpha value is -5.38. The lowest BCUT2D eigenvalue weighted by atomic mass is 9.97. The molecule has 3 N–H and O–H groups in total. The third kappa shape index (κ3) is 6.97. The average molecular weight is 593 g/mol. The predicted molar refractivity (Wildman–Crippen MR) is 173 cm³/mol. The van der Waals surface area contributed by atoms with Gasteiger partial charge in [0.25, 0.3) is 5.56 Å². The van der Waals surface area contributed by atoms with Crippen LogP contribution in [-0.2, 0) is 23.1 Å². The zero-order valence-electron chi connectivity index (χ0n) is 25.3. The Balaban J connectivity index is 1.26. The maximum atomic E-state index is 13.2. The second-order valence-corrected chi connectivity index (χ2v) is 10.9. The summed E-state index contributed by atoms with van der Waals surface area (Å²) in [5, 5.41) is 7.32. The Kier molecular flexibility index (Phi) is 9.09. The van der Waals surface area contributed by atoms with Crippen LogP contribution in [0.15, 0.2) is 90.1 Å². The van der Waals surface area contributed by atoms with Crippen molar-refractivity contribution >= 4 is 34.1 Å². The Morgan fingerprint density at radius 1 is 1.07 bits per heavy atom. The van der Waals surface area contributed by atoms with Crippen molar-refractivity contribution in [3.8, 4) is 11.4 Å². The molecule has 0 aliphatic carbocycles. The van der Waals surface area contributed by atoms with Crippen LogP contribution in [0, 0.1) is 6.92 Å². The number of ether oxygens (including phenoxy) is 1. The van der Waals surface area contributed by atoms with Crippen LogP contribution in [0.5, 0.6) is 0 Å². The third-order valence-corrected chi connectivity index (χ3v) is 7.65. The average Bonchev–Trinajstić information content (AvgIpc) is 3.44. The minimum absolute atomic E-state index is 0.0355. The van der Waals surface area contributed by atoms with Crippen LogP contribution in [0.1, 0.15) is 29.5 Å². The highest BCUT2D eigenvalue weighted by atomic mass is 16.5. The maximum absolute atomic E-state index is 13.2. The van der Waals surface area contributed by atoms with Crippen LogP contribution < -0.4 is 16.2 Å². The summed E-state index contributed by atoms with van der Waals surface area (Å²) in [4.78, 5) is 46.8. The lowest BCUT2D eigenvalue weighted by Gasteiger charge is -2.21. The quantitative estimate of drug-likeness (QED) is 0.192. The van der Waals surface area contributed by atoms with Gasteiger partial charge in [-0.15, -0.1) is 0 Å². The predicted octanol–water partition coefficient (Wildman–Crippen LogP) is 5.66. The molecule has 3 aromatic carbocycles. The summed E-state index contributed by atoms with van der Waals surface area (Å²) in [6.45, 7) is 4.62. The number of fused-ring (bicyclic) bond motifs is 1. The number of likely N-dealkylation sites (N-methyl/N-ethyl adjacent to an activating group) is 1. The number of pyridine rings is 1. The molecule has 0 aliphatic heterocycles. The smallest absolute Gasteiger partial charge is 0.411 e. The van der Waals surface area contributed by atoms with Crippen molar-refractivity contribution in [1.29, 1.82) is 0 Å². The summed E-state index contributed by atoms with van der Waals surface area (Å²) < 4.78 is 7.45. The van der Waals surface area contributed by atoms with Crippen molar-refractivity contribution in [1.82, 2.24) is 19.4 Å². The van der Waals surface area contributed by atoms with Crippen molar-refractivity contribution in [3.63, 3.8) is 0 Å². The van der Waals surface area contributed by atoms with Gasteiger partial charge in [0, 0.05) is 67.5 Å². The van der Waals surface area contributed by atoms with Crippen molar-refractivity contribution in [3.05, 3.63) is 112 Å². The SMILES string of the molecule is Cc1ccccc1C(C)COC(=O)Nc1ccc(-c2nccn2C)c(CN(C)C(=O)CNc2ccc3cc[nH]c(=O)c3c2)c1. The van der Waals surface area contributed by atoms with E-state index in [1.54, 1.807) is 36.5 Å². The van der Waals surface area contributed by atoms with Gasteiger partial charge in [0.2, 0.25) is 5.91 Å². The summed E-state index contributed by atoms with van der Waals surface area (Å²) in [6, 6.07) is 20.8. The summed E-state index contributed by atoms with van der Waals surface area (Å²) in [7, 11) is 3.62. The molecule has 0 spiro atoms. The molecule has 5 rings (SSSR count). The zero-order valence-corrected chi connectivity index (χ0v) is 25.3. The standard InChI is InChI=1S/C34H36N6O4/c1-22-7-5-6-8-28(22)23(2)21-44-34(43)38-27-11-12-29(32-35-15-16-39(32)3)25(17-27)20-40(4)31(41)19-37-26-10-9-24-13-14-36-33(42)30(24)18-26/h5-18,23,37H,19-21H2,1-4H3,(H,36,42)(H,38,43). The lowest BCUT2D eigenvalue weighted by Crippen LogP contribution is -2.32. The number of imidazole rings is 1. The molecule has 0 bridgehead atoms. The van der Waals surface area contributed by atoms with Gasteiger partial charge in [0.1, 0.15) is 5.82 Å². The highest BCUT2D eigenvalue weighted by Crippen LogP contribution is 2.27. The van der Waals surface area contributed by atoms with Crippen LogP contribution in [0.4, 0.5) is 16.2 Å². The maximum Gasteiger partial charge on any atom is 0.411 e. The van der Waals surface area contributed by atoms with Crippen LogP contribution in [0.2, 0.25) is 0 Å². The van der Waals surface area contributed by atoms with E-state index >= 15 is 0 Å². The van der Waals surface area contributed by atoms with E-state index in [-0.39, 0.29) is 37.1 Å². The minimum atomic E-state index is -0.552. The molecule has 226 valence electrons. The van der Waals surface area contributed by atoms with Crippen LogP contribution in [-0.4, -0.2) is 51.6 Å². The van der Waals surface area contributed by atoms with Gasteiger partial charge in [0.15, 0.2) is 0 Å². The number of nitrogens with zero attached hydrogens (tertiary/aromatic N) is 3. The molecule has 2 aromatic heterocycles. The number of carbonyl (C=O) groups excluding carboxylic acids is 2. The first-order chi connectivity index (χ1) is 21.2. The van der Waals surface area contributed by atoms with Crippen molar-refractivity contribution in [2.75, 3.05) is 30.8 Å². The van der Waals surface area contributed by atoms with Crippen molar-refractivity contribution in [2.45, 2.75) is 26.3 Å². The molecule has 1 atom stereocenters. The number of amides is 2. The van der Waals surface area contributed by atoms with Gasteiger partial charge in [-0.2, -0.15) is 0 Å². The summed E-state index contributed by atoms with van der Waals surface area (Å²) in [5.74, 6) is 0.634. The number of rotatable bonds is 10. The number of aromatic amines is 1.